The van der Waals surface area contributed by atoms with Gasteiger partial charge in [-0.15, -0.1) is 0 Å². The predicted molar refractivity (Wildman–Crippen MR) is 77.1 cm³/mol. The topological polar surface area (TPSA) is 125 Å². The number of aliphatic carboxylic acids is 1. The van der Waals surface area contributed by atoms with Crippen LogP contribution in [0, 0.1) is 0 Å². The molecule has 0 radical (unpaired) electrons. The van der Waals surface area contributed by atoms with Gasteiger partial charge in [0.05, 0.1) is 6.61 Å². The molecule has 2 amide bonds. The van der Waals surface area contributed by atoms with Crippen molar-refractivity contribution in [1.82, 2.24) is 10.2 Å². The molecule has 1 N–H and O–H groups in total. The third kappa shape index (κ3) is 9.33. The Morgan fingerprint density at radius 1 is 1.22 bits per heavy atom. The van der Waals surface area contributed by atoms with Crippen LogP contribution in [0.25, 0.3) is 0 Å². The number of carboxylic acid groups (broad SMARTS) is 1. The van der Waals surface area contributed by atoms with E-state index in [1.54, 1.807) is 27.7 Å². The first-order valence-corrected chi connectivity index (χ1v) is 7.06. The lowest BCUT2D eigenvalue weighted by Crippen LogP contribution is -2.51. The second-order valence-electron chi connectivity index (χ2n) is 5.77. The number of alkyl carbamates (subject to hydrolysis) is 1. The van der Waals surface area contributed by atoms with E-state index in [1.165, 1.54) is 7.05 Å². The molecule has 0 rings (SSSR count). The van der Waals surface area contributed by atoms with Gasteiger partial charge >= 0.3 is 12.1 Å². The van der Waals surface area contributed by atoms with Gasteiger partial charge in [-0.3, -0.25) is 9.59 Å². The van der Waals surface area contributed by atoms with Gasteiger partial charge in [0.1, 0.15) is 18.2 Å². The Morgan fingerprint density at radius 2 is 1.78 bits per heavy atom. The molecular weight excluding hydrogens is 308 g/mol. The SMILES string of the molecule is CCOC(=O)CN(C)C(=O)C(CC(=O)[O-])NC(=O)OC(C)(C)C. The number of likely N-dealkylation sites (N-methyl/N-ethyl adjacent to an activating group) is 1. The summed E-state index contributed by atoms with van der Waals surface area (Å²) in [6.45, 7) is 6.26. The Morgan fingerprint density at radius 3 is 2.22 bits per heavy atom. The lowest BCUT2D eigenvalue weighted by molar-refractivity contribution is -0.306. The molecule has 0 bridgehead atoms. The Labute approximate surface area is 134 Å². The highest BCUT2D eigenvalue weighted by molar-refractivity contribution is 5.90. The Balaban J connectivity index is 4.87. The first-order chi connectivity index (χ1) is 10.5. The molecule has 0 aliphatic rings. The van der Waals surface area contributed by atoms with Gasteiger partial charge in [0.2, 0.25) is 5.91 Å². The molecule has 9 nitrogen and oxygen atoms in total. The van der Waals surface area contributed by atoms with Crippen LogP contribution in [0.5, 0.6) is 0 Å². The van der Waals surface area contributed by atoms with Crippen LogP contribution in [0.15, 0.2) is 0 Å². The molecule has 1 atom stereocenters. The number of hydrogen-bond donors (Lipinski definition) is 1. The predicted octanol–water partition coefficient (Wildman–Crippen LogP) is -0.959. The average molecular weight is 331 g/mol. The summed E-state index contributed by atoms with van der Waals surface area (Å²) < 4.78 is 9.67. The van der Waals surface area contributed by atoms with Crippen molar-refractivity contribution in [2.24, 2.45) is 0 Å². The molecule has 0 aliphatic heterocycles. The van der Waals surface area contributed by atoms with Crippen LogP contribution in [0.4, 0.5) is 4.79 Å². The van der Waals surface area contributed by atoms with Crippen molar-refractivity contribution in [3.05, 3.63) is 0 Å². The molecule has 23 heavy (non-hydrogen) atoms. The number of ether oxygens (including phenoxy) is 2. The summed E-state index contributed by atoms with van der Waals surface area (Å²) in [5.41, 5.74) is -0.810. The van der Waals surface area contributed by atoms with E-state index < -0.39 is 42.0 Å². The summed E-state index contributed by atoms with van der Waals surface area (Å²) in [6.07, 6.45) is -1.69. The van der Waals surface area contributed by atoms with Crippen LogP contribution in [0.2, 0.25) is 0 Å². The van der Waals surface area contributed by atoms with Crippen LogP contribution in [-0.4, -0.2) is 60.7 Å². The van der Waals surface area contributed by atoms with E-state index in [-0.39, 0.29) is 13.2 Å². The van der Waals surface area contributed by atoms with Gasteiger partial charge in [0.15, 0.2) is 0 Å². The molecule has 0 aromatic heterocycles. The Hall–Kier alpha value is -2.32. The minimum atomic E-state index is -1.52. The van der Waals surface area contributed by atoms with Crippen molar-refractivity contribution in [2.75, 3.05) is 20.2 Å². The number of hydrogen-bond acceptors (Lipinski definition) is 7. The minimum Gasteiger partial charge on any atom is -0.550 e. The molecule has 0 heterocycles. The average Bonchev–Trinajstić information content (AvgIpc) is 2.34. The van der Waals surface area contributed by atoms with E-state index in [1.807, 2.05) is 0 Å². The fourth-order valence-electron chi connectivity index (χ4n) is 1.56. The van der Waals surface area contributed by atoms with E-state index >= 15 is 0 Å². The first-order valence-electron chi connectivity index (χ1n) is 7.06. The van der Waals surface area contributed by atoms with Gasteiger partial charge in [-0.1, -0.05) is 0 Å². The highest BCUT2D eigenvalue weighted by Gasteiger charge is 2.27. The maximum absolute atomic E-state index is 12.2. The molecule has 132 valence electrons. The maximum atomic E-state index is 12.2. The van der Waals surface area contributed by atoms with Crippen molar-refractivity contribution < 1.29 is 33.8 Å². The van der Waals surface area contributed by atoms with E-state index in [0.717, 1.165) is 4.90 Å². The third-order valence-electron chi connectivity index (χ3n) is 2.41. The second-order valence-corrected chi connectivity index (χ2v) is 5.77. The number of esters is 1. The standard InChI is InChI=1S/C14H24N2O7/c1-6-22-11(19)8-16(5)12(20)9(7-10(17)18)15-13(21)23-14(2,3)4/h9H,6-8H2,1-5H3,(H,15,21)(H,17,18)/p-1. The van der Waals surface area contributed by atoms with Gasteiger partial charge in [0, 0.05) is 19.4 Å². The fourth-order valence-corrected chi connectivity index (χ4v) is 1.56. The number of nitrogens with zero attached hydrogens (tertiary/aromatic N) is 1. The molecule has 9 heteroatoms. The summed E-state index contributed by atoms with van der Waals surface area (Å²) in [4.78, 5) is 46.9. The van der Waals surface area contributed by atoms with Crippen molar-refractivity contribution in [1.29, 1.82) is 0 Å². The second kappa shape index (κ2) is 8.96. The zero-order chi connectivity index (χ0) is 18.2. The summed E-state index contributed by atoms with van der Waals surface area (Å²) in [5, 5.41) is 12.9. The number of rotatable bonds is 7. The van der Waals surface area contributed by atoms with Crippen molar-refractivity contribution in [2.45, 2.75) is 45.8 Å². The molecule has 0 aromatic rings. The summed E-state index contributed by atoms with van der Waals surface area (Å²) in [7, 11) is 1.29. The number of carbonyl (C=O) groups excluding carboxylic acids is 4. The third-order valence-corrected chi connectivity index (χ3v) is 2.41. The molecule has 0 spiro atoms. The van der Waals surface area contributed by atoms with E-state index in [4.69, 9.17) is 9.47 Å². The highest BCUT2D eigenvalue weighted by Crippen LogP contribution is 2.08. The highest BCUT2D eigenvalue weighted by atomic mass is 16.6. The molecular formula is C14H23N2O7-. The van der Waals surface area contributed by atoms with Gasteiger partial charge in [0.25, 0.3) is 0 Å². The lowest BCUT2D eigenvalue weighted by atomic mass is 10.2. The zero-order valence-electron chi connectivity index (χ0n) is 14.0. The smallest absolute Gasteiger partial charge is 0.408 e. The quantitative estimate of drug-likeness (QED) is 0.596. The molecule has 0 fully saturated rings. The maximum Gasteiger partial charge on any atom is 0.408 e. The summed E-state index contributed by atoms with van der Waals surface area (Å²) >= 11 is 0. The van der Waals surface area contributed by atoms with Gasteiger partial charge in [-0.05, 0) is 27.7 Å². The van der Waals surface area contributed by atoms with Crippen molar-refractivity contribution in [3.63, 3.8) is 0 Å². The van der Waals surface area contributed by atoms with Gasteiger partial charge in [-0.25, -0.2) is 4.79 Å². The zero-order valence-corrected chi connectivity index (χ0v) is 14.0. The fraction of sp³-hybridized carbons (Fsp3) is 0.714. The Bertz CT molecular complexity index is 457. The van der Waals surface area contributed by atoms with Gasteiger partial charge < -0.3 is 29.6 Å². The van der Waals surface area contributed by atoms with Crippen LogP contribution < -0.4 is 10.4 Å². The molecule has 0 aromatic carbocycles. The summed E-state index contributed by atoms with van der Waals surface area (Å²) in [6, 6.07) is -1.41. The number of carbonyl (C=O) groups is 4. The van der Waals surface area contributed by atoms with Crippen LogP contribution in [0.1, 0.15) is 34.1 Å². The molecule has 0 saturated carbocycles. The van der Waals surface area contributed by atoms with Crippen LogP contribution >= 0.6 is 0 Å². The lowest BCUT2D eigenvalue weighted by Gasteiger charge is -2.26. The normalized spacial score (nSPS) is 12.0. The largest absolute Gasteiger partial charge is 0.550 e. The van der Waals surface area contributed by atoms with Gasteiger partial charge in [-0.2, -0.15) is 0 Å². The number of amides is 2. The Kier molecular flexibility index (Phi) is 8.06. The number of nitrogens with one attached hydrogen (secondary N) is 1. The van der Waals surface area contributed by atoms with Crippen LogP contribution in [0.3, 0.4) is 0 Å². The van der Waals surface area contributed by atoms with Crippen molar-refractivity contribution in [3.8, 4) is 0 Å². The van der Waals surface area contributed by atoms with Crippen molar-refractivity contribution >= 4 is 23.9 Å². The van der Waals surface area contributed by atoms with E-state index in [2.05, 4.69) is 5.32 Å². The molecule has 0 aliphatic carbocycles. The van der Waals surface area contributed by atoms with Crippen LogP contribution in [-0.2, 0) is 23.9 Å². The molecule has 0 saturated heterocycles. The molecule has 1 unspecified atom stereocenters. The minimum absolute atomic E-state index is 0.152. The monoisotopic (exact) mass is 331 g/mol. The summed E-state index contributed by atoms with van der Waals surface area (Å²) in [5.74, 6) is -2.94. The first kappa shape index (κ1) is 20.7. The number of carboxylic acids is 1. The van der Waals surface area contributed by atoms with E-state index in [9.17, 15) is 24.3 Å². The van der Waals surface area contributed by atoms with E-state index in [0.29, 0.717) is 0 Å².